The lowest BCUT2D eigenvalue weighted by atomic mass is 10.2. The van der Waals surface area contributed by atoms with Crippen LogP contribution in [0, 0.1) is 6.92 Å². The van der Waals surface area contributed by atoms with Crippen LogP contribution in [0.1, 0.15) is 5.56 Å². The Kier molecular flexibility index (Phi) is 4.56. The van der Waals surface area contributed by atoms with Gasteiger partial charge in [-0.3, -0.25) is 14.2 Å². The first kappa shape index (κ1) is 17.2. The highest BCUT2D eigenvalue weighted by molar-refractivity contribution is 7.21. The minimum atomic E-state index is -0.258. The van der Waals surface area contributed by atoms with Gasteiger partial charge in [0, 0.05) is 10.6 Å². The first-order chi connectivity index (χ1) is 13.1. The predicted octanol–water partition coefficient (Wildman–Crippen LogP) is 4.07. The minimum absolute atomic E-state index is 0.0768. The van der Waals surface area contributed by atoms with Gasteiger partial charge in [-0.2, -0.15) is 0 Å². The van der Waals surface area contributed by atoms with Crippen molar-refractivity contribution in [1.82, 2.24) is 9.55 Å². The van der Waals surface area contributed by atoms with Gasteiger partial charge in [0.1, 0.15) is 11.4 Å². The Balaban J connectivity index is 1.61. The molecule has 1 amide bonds. The zero-order valence-corrected chi connectivity index (χ0v) is 15.5. The van der Waals surface area contributed by atoms with Crippen LogP contribution in [0.5, 0.6) is 0 Å². The third-order valence-corrected chi connectivity index (χ3v) is 5.40. The van der Waals surface area contributed by atoms with Crippen molar-refractivity contribution in [2.24, 2.45) is 0 Å². The molecule has 0 aliphatic rings. The van der Waals surface area contributed by atoms with Gasteiger partial charge in [-0.25, -0.2) is 4.98 Å². The molecule has 134 valence electrons. The van der Waals surface area contributed by atoms with Gasteiger partial charge in [-0.15, -0.1) is 11.3 Å². The summed E-state index contributed by atoms with van der Waals surface area (Å²) < 4.78 is 1.34. The van der Waals surface area contributed by atoms with E-state index in [1.165, 1.54) is 22.2 Å². The Labute approximate surface area is 159 Å². The standard InChI is InChI=1S/C21H17N3O2S/c1-14-7-5-6-10-17(14)23-19(25)12-24-13-22-20-16(21(24)26)11-18(27-20)15-8-3-2-4-9-15/h2-11,13H,12H2,1H3,(H,23,25). The molecule has 0 fully saturated rings. The number of para-hydroxylation sites is 1. The van der Waals surface area contributed by atoms with Crippen molar-refractivity contribution in [2.45, 2.75) is 13.5 Å². The summed E-state index contributed by atoms with van der Waals surface area (Å²) in [6.45, 7) is 1.85. The number of anilines is 1. The number of nitrogens with zero attached hydrogens (tertiary/aromatic N) is 2. The van der Waals surface area contributed by atoms with Crippen molar-refractivity contribution in [1.29, 1.82) is 0 Å². The number of nitrogens with one attached hydrogen (secondary N) is 1. The SMILES string of the molecule is Cc1ccccc1NC(=O)Cn1cnc2sc(-c3ccccc3)cc2c1=O. The molecule has 4 aromatic rings. The molecule has 2 aromatic carbocycles. The number of carbonyl (C=O) groups excluding carboxylic acids is 1. The zero-order valence-electron chi connectivity index (χ0n) is 14.7. The van der Waals surface area contributed by atoms with E-state index in [-0.39, 0.29) is 18.0 Å². The highest BCUT2D eigenvalue weighted by Gasteiger charge is 2.12. The minimum Gasteiger partial charge on any atom is -0.324 e. The van der Waals surface area contributed by atoms with E-state index in [0.717, 1.165) is 21.7 Å². The summed E-state index contributed by atoms with van der Waals surface area (Å²) in [6, 6.07) is 19.2. The fourth-order valence-electron chi connectivity index (χ4n) is 2.87. The first-order valence-corrected chi connectivity index (χ1v) is 9.33. The summed E-state index contributed by atoms with van der Waals surface area (Å²) in [7, 11) is 0. The van der Waals surface area contributed by atoms with E-state index in [1.807, 2.05) is 67.6 Å². The molecular weight excluding hydrogens is 358 g/mol. The summed E-state index contributed by atoms with van der Waals surface area (Å²) in [5, 5.41) is 3.37. The Morgan fingerprint density at radius 1 is 1.11 bits per heavy atom. The van der Waals surface area contributed by atoms with Gasteiger partial charge in [-0.05, 0) is 30.2 Å². The predicted molar refractivity (Wildman–Crippen MR) is 109 cm³/mol. The van der Waals surface area contributed by atoms with Gasteiger partial charge >= 0.3 is 0 Å². The smallest absolute Gasteiger partial charge is 0.262 e. The third-order valence-electron chi connectivity index (χ3n) is 4.31. The maximum absolute atomic E-state index is 12.8. The number of benzene rings is 2. The number of hydrogen-bond donors (Lipinski definition) is 1. The topological polar surface area (TPSA) is 64.0 Å². The van der Waals surface area contributed by atoms with E-state index >= 15 is 0 Å². The van der Waals surface area contributed by atoms with Crippen molar-refractivity contribution in [3.05, 3.63) is 82.9 Å². The van der Waals surface area contributed by atoms with Crippen molar-refractivity contribution in [2.75, 3.05) is 5.32 Å². The quantitative estimate of drug-likeness (QED) is 0.585. The van der Waals surface area contributed by atoms with Gasteiger partial charge < -0.3 is 5.32 Å². The number of aromatic nitrogens is 2. The van der Waals surface area contributed by atoms with Gasteiger partial charge in [0.2, 0.25) is 5.91 Å². The van der Waals surface area contributed by atoms with Crippen molar-refractivity contribution in [3.8, 4) is 10.4 Å². The highest BCUT2D eigenvalue weighted by atomic mass is 32.1. The molecule has 2 aromatic heterocycles. The molecule has 27 heavy (non-hydrogen) atoms. The number of fused-ring (bicyclic) bond motifs is 1. The molecule has 0 saturated carbocycles. The lowest BCUT2D eigenvalue weighted by Crippen LogP contribution is -2.27. The molecule has 0 saturated heterocycles. The molecule has 0 aliphatic carbocycles. The number of rotatable bonds is 4. The molecule has 0 aliphatic heterocycles. The molecule has 4 rings (SSSR count). The van der Waals surface area contributed by atoms with Crippen molar-refractivity contribution in [3.63, 3.8) is 0 Å². The van der Waals surface area contributed by atoms with E-state index in [0.29, 0.717) is 10.2 Å². The molecular formula is C21H17N3O2S. The molecule has 5 nitrogen and oxygen atoms in total. The monoisotopic (exact) mass is 375 g/mol. The average Bonchev–Trinajstić information content (AvgIpc) is 3.12. The lowest BCUT2D eigenvalue weighted by Gasteiger charge is -2.09. The number of thiophene rings is 1. The van der Waals surface area contributed by atoms with Gasteiger partial charge in [-0.1, -0.05) is 48.5 Å². The summed E-state index contributed by atoms with van der Waals surface area (Å²) >= 11 is 1.47. The van der Waals surface area contributed by atoms with Crippen molar-refractivity contribution >= 4 is 33.1 Å². The summed E-state index contributed by atoms with van der Waals surface area (Å²) in [5.41, 5.74) is 2.55. The molecule has 0 radical (unpaired) electrons. The van der Waals surface area contributed by atoms with E-state index in [1.54, 1.807) is 0 Å². The van der Waals surface area contributed by atoms with Crippen LogP contribution in [0.2, 0.25) is 0 Å². The number of amides is 1. The number of carbonyl (C=O) groups is 1. The fraction of sp³-hybridized carbons (Fsp3) is 0.0952. The number of hydrogen-bond acceptors (Lipinski definition) is 4. The van der Waals surface area contributed by atoms with E-state index in [9.17, 15) is 9.59 Å². The Bertz CT molecular complexity index is 1180. The Morgan fingerprint density at radius 3 is 2.63 bits per heavy atom. The van der Waals surface area contributed by atoms with Gasteiger partial charge in [0.15, 0.2) is 0 Å². The molecule has 6 heteroatoms. The van der Waals surface area contributed by atoms with Crippen molar-refractivity contribution < 1.29 is 4.79 Å². The average molecular weight is 375 g/mol. The second-order valence-corrected chi connectivity index (χ2v) is 7.27. The molecule has 2 heterocycles. The maximum Gasteiger partial charge on any atom is 0.262 e. The van der Waals surface area contributed by atoms with Gasteiger partial charge in [0.05, 0.1) is 11.7 Å². The molecule has 0 spiro atoms. The summed E-state index contributed by atoms with van der Waals surface area (Å²) in [4.78, 5) is 31.2. The normalized spacial score (nSPS) is 10.9. The lowest BCUT2D eigenvalue weighted by molar-refractivity contribution is -0.116. The highest BCUT2D eigenvalue weighted by Crippen LogP contribution is 2.30. The van der Waals surface area contributed by atoms with Gasteiger partial charge in [0.25, 0.3) is 5.56 Å². The number of aryl methyl sites for hydroxylation is 1. The zero-order chi connectivity index (χ0) is 18.8. The van der Waals surface area contributed by atoms with E-state index in [2.05, 4.69) is 10.3 Å². The molecule has 0 bridgehead atoms. The van der Waals surface area contributed by atoms with Crippen LogP contribution in [-0.4, -0.2) is 15.5 Å². The molecule has 0 atom stereocenters. The van der Waals surface area contributed by atoms with E-state index in [4.69, 9.17) is 0 Å². The first-order valence-electron chi connectivity index (χ1n) is 8.52. The second kappa shape index (κ2) is 7.17. The third kappa shape index (κ3) is 3.52. The van der Waals surface area contributed by atoms with E-state index < -0.39 is 0 Å². The van der Waals surface area contributed by atoms with Crippen LogP contribution < -0.4 is 10.9 Å². The summed E-state index contributed by atoms with van der Waals surface area (Å²) in [5.74, 6) is -0.258. The fourth-order valence-corrected chi connectivity index (χ4v) is 3.87. The molecule has 0 unspecified atom stereocenters. The summed E-state index contributed by atoms with van der Waals surface area (Å²) in [6.07, 6.45) is 1.44. The van der Waals surface area contributed by atoms with Crippen LogP contribution in [0.4, 0.5) is 5.69 Å². The van der Waals surface area contributed by atoms with Crippen LogP contribution in [0.3, 0.4) is 0 Å². The Morgan fingerprint density at radius 2 is 1.85 bits per heavy atom. The van der Waals surface area contributed by atoms with Crippen LogP contribution >= 0.6 is 11.3 Å². The van der Waals surface area contributed by atoms with Crippen LogP contribution in [-0.2, 0) is 11.3 Å². The molecule has 1 N–H and O–H groups in total. The Hall–Kier alpha value is -3.25. The largest absolute Gasteiger partial charge is 0.324 e. The van der Waals surface area contributed by atoms with Crippen LogP contribution in [0.15, 0.2) is 71.8 Å². The second-order valence-electron chi connectivity index (χ2n) is 6.24. The van der Waals surface area contributed by atoms with Crippen LogP contribution in [0.25, 0.3) is 20.7 Å². The maximum atomic E-state index is 12.8.